The van der Waals surface area contributed by atoms with E-state index in [0.717, 1.165) is 5.04 Å². The van der Waals surface area contributed by atoms with Crippen LogP contribution in [0.5, 0.6) is 0 Å². The van der Waals surface area contributed by atoms with Crippen LogP contribution in [0.3, 0.4) is 0 Å². The summed E-state index contributed by atoms with van der Waals surface area (Å²) >= 11 is 1.81. The molecule has 0 aromatic carbocycles. The van der Waals surface area contributed by atoms with Gasteiger partial charge >= 0.3 is 0 Å². The summed E-state index contributed by atoms with van der Waals surface area (Å²) in [5, 5.41) is 4.85. The van der Waals surface area contributed by atoms with Gasteiger partial charge in [-0.2, -0.15) is 0 Å². The summed E-state index contributed by atoms with van der Waals surface area (Å²) in [5.74, 6) is 0. The molecule has 0 fully saturated rings. The van der Waals surface area contributed by atoms with Crippen LogP contribution in [0.15, 0.2) is 4.99 Å². The molecule has 1 unspecified atom stereocenters. The van der Waals surface area contributed by atoms with E-state index in [0.29, 0.717) is 5.25 Å². The molecule has 0 aliphatic rings. The summed E-state index contributed by atoms with van der Waals surface area (Å²) in [6.45, 7) is 8.45. The second kappa shape index (κ2) is 5.61. The summed E-state index contributed by atoms with van der Waals surface area (Å²) in [6.07, 6.45) is 0.237. The lowest BCUT2D eigenvalue weighted by Crippen LogP contribution is -2.19. The van der Waals surface area contributed by atoms with Gasteiger partial charge in [0.15, 0.2) is 0 Å². The minimum Gasteiger partial charge on any atom is -0.299 e. The van der Waals surface area contributed by atoms with Gasteiger partial charge in [-0.1, -0.05) is 13.8 Å². The molecule has 3 heteroatoms. The number of rotatable bonds is 3. The number of hydrogen-bond donors (Lipinski definition) is 1. The van der Waals surface area contributed by atoms with Gasteiger partial charge in [0.2, 0.25) is 0 Å². The highest BCUT2D eigenvalue weighted by atomic mass is 32.2. The molecule has 0 saturated heterocycles. The molecule has 0 heterocycles. The van der Waals surface area contributed by atoms with E-state index in [1.807, 2.05) is 25.7 Å². The quantitative estimate of drug-likeness (QED) is 0.523. The molecule has 2 nitrogen and oxygen atoms in total. The number of nitrogens with one attached hydrogen (secondary N) is 1. The van der Waals surface area contributed by atoms with E-state index in [1.165, 1.54) is 0 Å². The predicted molar refractivity (Wildman–Crippen MR) is 54.4 cm³/mol. The van der Waals surface area contributed by atoms with E-state index in [-0.39, 0.29) is 6.17 Å². The van der Waals surface area contributed by atoms with Gasteiger partial charge in [-0.15, -0.1) is 11.8 Å². The summed E-state index contributed by atoms with van der Waals surface area (Å²) in [5.41, 5.74) is 0. The molecule has 0 bridgehead atoms. The molecule has 1 N–H and O–H groups in total. The van der Waals surface area contributed by atoms with Crippen molar-refractivity contribution in [2.24, 2.45) is 4.99 Å². The van der Waals surface area contributed by atoms with Crippen molar-refractivity contribution in [1.82, 2.24) is 5.32 Å². The molecule has 1 atom stereocenters. The molecular weight excluding hydrogens is 156 g/mol. The Hall–Kier alpha value is -0.0200. The van der Waals surface area contributed by atoms with Gasteiger partial charge in [-0.3, -0.25) is 10.3 Å². The molecule has 0 spiro atoms. The molecule has 0 aliphatic heterocycles. The van der Waals surface area contributed by atoms with Crippen LogP contribution < -0.4 is 5.32 Å². The van der Waals surface area contributed by atoms with Crippen molar-refractivity contribution in [3.63, 3.8) is 0 Å². The lowest BCUT2D eigenvalue weighted by molar-refractivity contribution is 0.643. The Kier molecular flexibility index (Phi) is 5.60. The minimum absolute atomic E-state index is 0.237. The Bertz CT molecular complexity index is 132. The zero-order valence-electron chi connectivity index (χ0n) is 8.01. The van der Waals surface area contributed by atoms with E-state index < -0.39 is 0 Å². The Morgan fingerprint density at radius 2 is 1.91 bits per heavy atom. The molecule has 66 valence electrons. The Balaban J connectivity index is 3.79. The van der Waals surface area contributed by atoms with Crippen molar-refractivity contribution in [2.75, 3.05) is 7.05 Å². The minimum atomic E-state index is 0.237. The molecular formula is C8H18N2S. The Morgan fingerprint density at radius 3 is 2.27 bits per heavy atom. The maximum atomic E-state index is 4.40. The van der Waals surface area contributed by atoms with Crippen molar-refractivity contribution < 1.29 is 0 Å². The van der Waals surface area contributed by atoms with E-state index in [9.17, 15) is 0 Å². The molecule has 0 aromatic rings. The van der Waals surface area contributed by atoms with E-state index in [1.54, 1.807) is 0 Å². The maximum absolute atomic E-state index is 4.40. The van der Waals surface area contributed by atoms with Crippen LogP contribution in [-0.4, -0.2) is 23.5 Å². The van der Waals surface area contributed by atoms with Gasteiger partial charge in [0, 0.05) is 5.25 Å². The van der Waals surface area contributed by atoms with Crippen LogP contribution in [0.25, 0.3) is 0 Å². The molecule has 11 heavy (non-hydrogen) atoms. The van der Waals surface area contributed by atoms with Crippen molar-refractivity contribution in [3.8, 4) is 0 Å². The van der Waals surface area contributed by atoms with Gasteiger partial charge in [0.25, 0.3) is 0 Å². The number of hydrogen-bond acceptors (Lipinski definition) is 3. The smallest absolute Gasteiger partial charge is 0.0972 e. The van der Waals surface area contributed by atoms with Crippen molar-refractivity contribution in [1.29, 1.82) is 0 Å². The highest BCUT2D eigenvalue weighted by molar-refractivity contribution is 8.14. The van der Waals surface area contributed by atoms with Crippen LogP contribution in [0.4, 0.5) is 0 Å². The van der Waals surface area contributed by atoms with Gasteiger partial charge < -0.3 is 0 Å². The normalized spacial score (nSPS) is 15.6. The van der Waals surface area contributed by atoms with Crippen molar-refractivity contribution in [2.45, 2.75) is 39.1 Å². The fraction of sp³-hybridized carbons (Fsp3) is 0.875. The average Bonchev–Trinajstić information content (AvgIpc) is 1.85. The molecule has 0 saturated carbocycles. The summed E-state index contributed by atoms with van der Waals surface area (Å²) in [4.78, 5) is 4.40. The standard InChI is InChI=1S/C8H18N2S/c1-6(2)11-8(4)10-7(3)9-5/h6-7,9H,1-5H3/b10-8-. The molecule has 0 amide bonds. The Labute approximate surface area is 73.9 Å². The molecule has 0 radical (unpaired) electrons. The summed E-state index contributed by atoms with van der Waals surface area (Å²) < 4.78 is 0. The van der Waals surface area contributed by atoms with Crippen LogP contribution in [0.1, 0.15) is 27.7 Å². The largest absolute Gasteiger partial charge is 0.299 e. The van der Waals surface area contributed by atoms with E-state index in [2.05, 4.69) is 31.1 Å². The zero-order chi connectivity index (χ0) is 8.85. The first-order chi connectivity index (χ1) is 5.06. The second-order valence-electron chi connectivity index (χ2n) is 2.78. The van der Waals surface area contributed by atoms with Gasteiger partial charge in [-0.05, 0) is 20.9 Å². The lowest BCUT2D eigenvalue weighted by atomic mass is 10.6. The van der Waals surface area contributed by atoms with Crippen molar-refractivity contribution in [3.05, 3.63) is 0 Å². The number of aliphatic imine (C=N–C) groups is 1. The maximum Gasteiger partial charge on any atom is 0.0972 e. The second-order valence-corrected chi connectivity index (χ2v) is 4.55. The number of thioether (sulfide) groups is 1. The van der Waals surface area contributed by atoms with E-state index in [4.69, 9.17) is 0 Å². The average molecular weight is 174 g/mol. The Morgan fingerprint density at radius 1 is 1.36 bits per heavy atom. The zero-order valence-corrected chi connectivity index (χ0v) is 8.83. The molecule has 0 aliphatic carbocycles. The third-order valence-corrected chi connectivity index (χ3v) is 2.12. The predicted octanol–water partition coefficient (Wildman–Crippen LogP) is 2.11. The van der Waals surface area contributed by atoms with Gasteiger partial charge in [0.1, 0.15) is 0 Å². The molecule has 0 aromatic heterocycles. The molecule has 0 rings (SSSR count). The first-order valence-corrected chi connectivity index (χ1v) is 4.82. The monoisotopic (exact) mass is 174 g/mol. The highest BCUT2D eigenvalue weighted by Crippen LogP contribution is 2.11. The third kappa shape index (κ3) is 6.38. The van der Waals surface area contributed by atoms with Gasteiger partial charge in [0.05, 0.1) is 11.2 Å². The van der Waals surface area contributed by atoms with Crippen LogP contribution >= 0.6 is 11.8 Å². The lowest BCUT2D eigenvalue weighted by Gasteiger charge is -2.07. The fourth-order valence-corrected chi connectivity index (χ4v) is 1.61. The summed E-state index contributed by atoms with van der Waals surface area (Å²) in [6, 6.07) is 0. The number of nitrogens with zero attached hydrogens (tertiary/aromatic N) is 1. The van der Waals surface area contributed by atoms with Crippen LogP contribution in [0.2, 0.25) is 0 Å². The summed E-state index contributed by atoms with van der Waals surface area (Å²) in [7, 11) is 1.92. The van der Waals surface area contributed by atoms with Crippen LogP contribution in [0, 0.1) is 0 Å². The SMILES string of the molecule is CNC(C)/N=C(/C)SC(C)C. The third-order valence-electron chi connectivity index (χ3n) is 1.20. The van der Waals surface area contributed by atoms with E-state index >= 15 is 0 Å². The topological polar surface area (TPSA) is 24.4 Å². The first kappa shape index (κ1) is 11.0. The van der Waals surface area contributed by atoms with Crippen molar-refractivity contribution >= 4 is 16.8 Å². The fourth-order valence-electron chi connectivity index (χ4n) is 0.709. The van der Waals surface area contributed by atoms with Crippen LogP contribution in [-0.2, 0) is 0 Å². The highest BCUT2D eigenvalue weighted by Gasteiger charge is 1.99. The first-order valence-electron chi connectivity index (χ1n) is 3.94. The van der Waals surface area contributed by atoms with Gasteiger partial charge in [-0.25, -0.2) is 0 Å².